The Morgan fingerprint density at radius 3 is 1.88 bits per heavy atom. The molecule has 140 valence electrons. The molecule has 0 saturated carbocycles. The van der Waals surface area contributed by atoms with E-state index in [9.17, 15) is 9.59 Å². The lowest BCUT2D eigenvalue weighted by Gasteiger charge is -2.16. The Balaban J connectivity index is 2.46. The average Bonchev–Trinajstić information content (AvgIpc) is 2.55. The van der Waals surface area contributed by atoms with Crippen molar-refractivity contribution in [2.24, 2.45) is 0 Å². The topological polar surface area (TPSA) is 80.3 Å². The molecule has 0 heterocycles. The molecule has 7 heteroatoms. The molecular weight excluding hydrogens is 340 g/mol. The van der Waals surface area contributed by atoms with Gasteiger partial charge in [-0.2, -0.15) is 0 Å². The first-order valence-electron chi connectivity index (χ1n) is 8.18. The van der Waals surface area contributed by atoms with Gasteiger partial charge in [-0.25, -0.2) is 9.59 Å². The van der Waals surface area contributed by atoms with Gasteiger partial charge in [0.1, 0.15) is 5.75 Å². The third-order valence-corrected chi connectivity index (χ3v) is 3.19. The van der Waals surface area contributed by atoms with E-state index in [2.05, 4.69) is 0 Å². The van der Waals surface area contributed by atoms with E-state index >= 15 is 0 Å². The van der Waals surface area contributed by atoms with Crippen LogP contribution in [-0.2, 0) is 9.47 Å². The fourth-order valence-corrected chi connectivity index (χ4v) is 2.24. The van der Waals surface area contributed by atoms with Crippen LogP contribution in [0.2, 0.25) is 0 Å². The molecular formula is C19H22O7. The summed E-state index contributed by atoms with van der Waals surface area (Å²) in [6.45, 7) is 6.87. The van der Waals surface area contributed by atoms with Gasteiger partial charge in [-0.05, 0) is 27.7 Å². The van der Waals surface area contributed by atoms with Crippen LogP contribution >= 0.6 is 0 Å². The Labute approximate surface area is 151 Å². The van der Waals surface area contributed by atoms with Crippen molar-refractivity contribution >= 4 is 23.1 Å². The van der Waals surface area contributed by atoms with Gasteiger partial charge in [-0.15, -0.1) is 0 Å². The van der Waals surface area contributed by atoms with Gasteiger partial charge in [0.05, 0.1) is 19.3 Å². The first-order chi connectivity index (χ1) is 12.3. The fourth-order valence-electron chi connectivity index (χ4n) is 2.24. The van der Waals surface area contributed by atoms with Gasteiger partial charge in [0.2, 0.25) is 0 Å². The predicted molar refractivity (Wildman–Crippen MR) is 95.0 cm³/mol. The second-order valence-corrected chi connectivity index (χ2v) is 5.99. The van der Waals surface area contributed by atoms with E-state index in [-0.39, 0.29) is 29.5 Å². The zero-order valence-electron chi connectivity index (χ0n) is 15.4. The molecule has 7 nitrogen and oxygen atoms in total. The van der Waals surface area contributed by atoms with Gasteiger partial charge in [-0.3, -0.25) is 0 Å². The molecule has 0 amide bonds. The summed E-state index contributed by atoms with van der Waals surface area (Å²) in [4.78, 5) is 23.8. The van der Waals surface area contributed by atoms with E-state index in [4.69, 9.17) is 23.7 Å². The maximum absolute atomic E-state index is 11.9. The van der Waals surface area contributed by atoms with Crippen LogP contribution in [0.4, 0.5) is 9.59 Å². The maximum atomic E-state index is 11.9. The molecule has 0 aliphatic rings. The Kier molecular flexibility index (Phi) is 6.27. The lowest BCUT2D eigenvalue weighted by molar-refractivity contribution is 0.0706. The highest BCUT2D eigenvalue weighted by atomic mass is 16.7. The van der Waals surface area contributed by atoms with Crippen molar-refractivity contribution < 1.29 is 33.3 Å². The van der Waals surface area contributed by atoms with Gasteiger partial charge in [0.15, 0.2) is 11.5 Å². The predicted octanol–water partition coefficient (Wildman–Crippen LogP) is 4.70. The molecule has 2 rings (SSSR count). The van der Waals surface area contributed by atoms with Crippen molar-refractivity contribution in [3.63, 3.8) is 0 Å². The first kappa shape index (κ1) is 19.4. The van der Waals surface area contributed by atoms with Crippen LogP contribution < -0.4 is 14.2 Å². The molecule has 2 aromatic rings. The van der Waals surface area contributed by atoms with Crippen molar-refractivity contribution in [2.75, 3.05) is 7.11 Å². The molecule has 0 fully saturated rings. The summed E-state index contributed by atoms with van der Waals surface area (Å²) in [5.41, 5.74) is 0. The minimum Gasteiger partial charge on any atom is -0.493 e. The van der Waals surface area contributed by atoms with Crippen LogP contribution in [0.3, 0.4) is 0 Å². The van der Waals surface area contributed by atoms with E-state index in [1.54, 1.807) is 52.0 Å². The summed E-state index contributed by atoms with van der Waals surface area (Å²) >= 11 is 0. The third-order valence-electron chi connectivity index (χ3n) is 3.19. The SMILES string of the molecule is COc1cc(OC(=O)OC(C)C)c2ccccc2c1OC(=O)OC(C)C. The molecule has 0 radical (unpaired) electrons. The van der Waals surface area contributed by atoms with Crippen LogP contribution in [0, 0.1) is 0 Å². The number of ether oxygens (including phenoxy) is 5. The molecule has 0 aliphatic heterocycles. The molecule has 0 aliphatic carbocycles. The van der Waals surface area contributed by atoms with E-state index < -0.39 is 12.3 Å². The Morgan fingerprint density at radius 1 is 0.808 bits per heavy atom. The Morgan fingerprint density at radius 2 is 1.35 bits per heavy atom. The van der Waals surface area contributed by atoms with E-state index in [0.717, 1.165) is 0 Å². The summed E-state index contributed by atoms with van der Waals surface area (Å²) in [6, 6.07) is 8.44. The standard InChI is InChI=1S/C19H22O7/c1-11(2)23-18(20)25-15-10-16(22-5)17(26-19(21)24-12(3)4)14-9-7-6-8-13(14)15/h6-12H,1-5H3. The van der Waals surface area contributed by atoms with Gasteiger partial charge in [0, 0.05) is 16.8 Å². The Bertz CT molecular complexity index is 796. The number of rotatable bonds is 5. The maximum Gasteiger partial charge on any atom is 0.514 e. The van der Waals surface area contributed by atoms with Crippen molar-refractivity contribution in [3.05, 3.63) is 30.3 Å². The van der Waals surface area contributed by atoms with Crippen LogP contribution in [-0.4, -0.2) is 31.6 Å². The number of hydrogen-bond acceptors (Lipinski definition) is 7. The lowest BCUT2D eigenvalue weighted by atomic mass is 10.1. The van der Waals surface area contributed by atoms with Gasteiger partial charge in [0.25, 0.3) is 0 Å². The average molecular weight is 362 g/mol. The number of benzene rings is 2. The second-order valence-electron chi connectivity index (χ2n) is 5.99. The van der Waals surface area contributed by atoms with Gasteiger partial charge in [-0.1, -0.05) is 24.3 Å². The van der Waals surface area contributed by atoms with Crippen LogP contribution in [0.1, 0.15) is 27.7 Å². The number of hydrogen-bond donors (Lipinski definition) is 0. The van der Waals surface area contributed by atoms with Crippen molar-refractivity contribution in [3.8, 4) is 17.2 Å². The highest BCUT2D eigenvalue weighted by molar-refractivity contribution is 5.97. The minimum absolute atomic E-state index is 0.179. The van der Waals surface area contributed by atoms with Crippen LogP contribution in [0.5, 0.6) is 17.2 Å². The summed E-state index contributed by atoms with van der Waals surface area (Å²) in [6.07, 6.45) is -2.33. The smallest absolute Gasteiger partial charge is 0.493 e. The normalized spacial score (nSPS) is 10.7. The molecule has 0 N–H and O–H groups in total. The summed E-state index contributed by atoms with van der Waals surface area (Å²) < 4.78 is 25.9. The summed E-state index contributed by atoms with van der Waals surface area (Å²) in [5.74, 6) is 0.628. The quantitative estimate of drug-likeness (QED) is 0.563. The first-order valence-corrected chi connectivity index (χ1v) is 8.18. The zero-order chi connectivity index (χ0) is 19.3. The number of fused-ring (bicyclic) bond motifs is 1. The molecule has 0 atom stereocenters. The van der Waals surface area contributed by atoms with Gasteiger partial charge >= 0.3 is 12.3 Å². The summed E-state index contributed by atoms with van der Waals surface area (Å²) in [5, 5.41) is 1.08. The number of carbonyl (C=O) groups excluding carboxylic acids is 2. The van der Waals surface area contributed by atoms with E-state index in [0.29, 0.717) is 10.8 Å². The Hall–Kier alpha value is -2.96. The minimum atomic E-state index is -0.851. The number of methoxy groups -OCH3 is 1. The largest absolute Gasteiger partial charge is 0.514 e. The second kappa shape index (κ2) is 8.42. The molecule has 26 heavy (non-hydrogen) atoms. The van der Waals surface area contributed by atoms with Gasteiger partial charge < -0.3 is 23.7 Å². The van der Waals surface area contributed by atoms with E-state index in [1.165, 1.54) is 13.2 Å². The zero-order valence-corrected chi connectivity index (χ0v) is 15.4. The summed E-state index contributed by atoms with van der Waals surface area (Å²) in [7, 11) is 1.42. The monoisotopic (exact) mass is 362 g/mol. The fraction of sp³-hybridized carbons (Fsp3) is 0.368. The van der Waals surface area contributed by atoms with Crippen LogP contribution in [0.25, 0.3) is 10.8 Å². The highest BCUT2D eigenvalue weighted by Gasteiger charge is 2.21. The van der Waals surface area contributed by atoms with Crippen LogP contribution in [0.15, 0.2) is 30.3 Å². The molecule has 0 aromatic heterocycles. The third kappa shape index (κ3) is 4.78. The molecule has 0 spiro atoms. The molecule has 2 aromatic carbocycles. The van der Waals surface area contributed by atoms with E-state index in [1.807, 2.05) is 0 Å². The van der Waals surface area contributed by atoms with Crippen molar-refractivity contribution in [2.45, 2.75) is 39.9 Å². The highest BCUT2D eigenvalue weighted by Crippen LogP contribution is 2.41. The van der Waals surface area contributed by atoms with Crippen molar-refractivity contribution in [1.29, 1.82) is 0 Å². The molecule has 0 saturated heterocycles. The van der Waals surface area contributed by atoms with Crippen molar-refractivity contribution in [1.82, 2.24) is 0 Å². The number of carbonyl (C=O) groups is 2. The molecule has 0 unspecified atom stereocenters. The molecule has 0 bridgehead atoms. The lowest BCUT2D eigenvalue weighted by Crippen LogP contribution is -2.17.